The predicted octanol–water partition coefficient (Wildman–Crippen LogP) is 0.781. The Morgan fingerprint density at radius 2 is 2.27 bits per heavy atom. The van der Waals surface area contributed by atoms with Crippen LogP contribution in [0.15, 0.2) is 0 Å². The van der Waals surface area contributed by atoms with E-state index in [1.165, 1.54) is 12.8 Å². The number of aliphatic carboxylic acids is 1. The molecule has 0 aliphatic heterocycles. The Morgan fingerprint density at radius 1 is 1.60 bits per heavy atom. The molecule has 1 aliphatic rings. The highest BCUT2D eigenvalue weighted by molar-refractivity contribution is 5.73. The van der Waals surface area contributed by atoms with Crippen molar-refractivity contribution in [2.45, 2.75) is 32.2 Å². The van der Waals surface area contributed by atoms with Crippen LogP contribution in [0, 0.1) is 5.92 Å². The molecule has 4 heteroatoms. The Kier molecular flexibility index (Phi) is 5.05. The van der Waals surface area contributed by atoms with E-state index in [2.05, 4.69) is 17.1 Å². The molecule has 0 aromatic carbocycles. The molecule has 1 rings (SSSR count). The van der Waals surface area contributed by atoms with Crippen molar-refractivity contribution >= 4 is 5.97 Å². The fraction of sp³-hybridized carbons (Fsp3) is 0.909. The second kappa shape index (κ2) is 6.08. The zero-order valence-electron chi connectivity index (χ0n) is 9.70. The van der Waals surface area contributed by atoms with E-state index < -0.39 is 12.0 Å². The lowest BCUT2D eigenvalue weighted by atomic mass is 10.2. The van der Waals surface area contributed by atoms with Crippen molar-refractivity contribution in [2.24, 2.45) is 5.92 Å². The van der Waals surface area contributed by atoms with Crippen LogP contribution >= 0.6 is 0 Å². The van der Waals surface area contributed by atoms with E-state index in [0.717, 1.165) is 25.4 Å². The zero-order valence-corrected chi connectivity index (χ0v) is 9.70. The Labute approximate surface area is 91.6 Å². The van der Waals surface area contributed by atoms with Gasteiger partial charge in [-0.2, -0.15) is 0 Å². The molecular formula is C11H22N2O2. The molecule has 0 saturated heterocycles. The van der Waals surface area contributed by atoms with Crippen molar-refractivity contribution in [2.75, 3.05) is 26.7 Å². The molecule has 0 bridgehead atoms. The third-order valence-electron chi connectivity index (χ3n) is 2.84. The van der Waals surface area contributed by atoms with Gasteiger partial charge in [-0.15, -0.1) is 0 Å². The van der Waals surface area contributed by atoms with Gasteiger partial charge in [0.25, 0.3) is 0 Å². The van der Waals surface area contributed by atoms with Crippen LogP contribution in [0.25, 0.3) is 0 Å². The van der Waals surface area contributed by atoms with E-state index in [0.29, 0.717) is 6.54 Å². The number of carboxylic acids is 1. The van der Waals surface area contributed by atoms with Crippen LogP contribution in [-0.4, -0.2) is 48.7 Å². The lowest BCUT2D eigenvalue weighted by Crippen LogP contribution is -2.45. The van der Waals surface area contributed by atoms with Gasteiger partial charge >= 0.3 is 5.97 Å². The smallest absolute Gasteiger partial charge is 0.322 e. The van der Waals surface area contributed by atoms with Gasteiger partial charge in [0.1, 0.15) is 6.04 Å². The highest BCUT2D eigenvalue weighted by Crippen LogP contribution is 2.29. The van der Waals surface area contributed by atoms with Gasteiger partial charge in [-0.1, -0.05) is 6.92 Å². The molecule has 4 nitrogen and oxygen atoms in total. The summed E-state index contributed by atoms with van der Waals surface area (Å²) in [4.78, 5) is 13.2. The van der Waals surface area contributed by atoms with Crippen LogP contribution in [0.4, 0.5) is 0 Å². The maximum Gasteiger partial charge on any atom is 0.322 e. The van der Waals surface area contributed by atoms with E-state index in [1.807, 2.05) is 0 Å². The van der Waals surface area contributed by atoms with Gasteiger partial charge in [0.15, 0.2) is 0 Å². The van der Waals surface area contributed by atoms with Crippen LogP contribution in [0.2, 0.25) is 0 Å². The minimum absolute atomic E-state index is 0.435. The second-order valence-electron chi connectivity index (χ2n) is 4.38. The van der Waals surface area contributed by atoms with Crippen LogP contribution in [-0.2, 0) is 4.79 Å². The Bertz CT molecular complexity index is 205. The number of nitrogens with zero attached hydrogens (tertiary/aromatic N) is 1. The summed E-state index contributed by atoms with van der Waals surface area (Å²) in [6.45, 7) is 4.83. The number of nitrogens with one attached hydrogen (secondary N) is 1. The SMILES string of the molecule is CCCN(CC1CC1)CC(NC)C(=O)O. The van der Waals surface area contributed by atoms with Gasteiger partial charge in [0.05, 0.1) is 0 Å². The maximum absolute atomic E-state index is 10.9. The van der Waals surface area contributed by atoms with E-state index in [-0.39, 0.29) is 0 Å². The molecule has 0 aromatic heterocycles. The molecule has 1 unspecified atom stereocenters. The van der Waals surface area contributed by atoms with Crippen LogP contribution in [0.1, 0.15) is 26.2 Å². The molecule has 0 aromatic rings. The quantitative estimate of drug-likeness (QED) is 0.627. The summed E-state index contributed by atoms with van der Waals surface area (Å²) in [5, 5.41) is 11.8. The lowest BCUT2D eigenvalue weighted by Gasteiger charge is -2.24. The molecule has 0 amide bonds. The summed E-state index contributed by atoms with van der Waals surface area (Å²) in [6, 6.07) is -0.435. The first kappa shape index (κ1) is 12.5. The number of carbonyl (C=O) groups is 1. The van der Waals surface area contributed by atoms with Gasteiger partial charge in [0, 0.05) is 13.1 Å². The number of hydrogen-bond donors (Lipinski definition) is 2. The minimum atomic E-state index is -0.755. The summed E-state index contributed by atoms with van der Waals surface area (Å²) in [7, 11) is 1.71. The highest BCUT2D eigenvalue weighted by atomic mass is 16.4. The van der Waals surface area contributed by atoms with Gasteiger partial charge in [0.2, 0.25) is 0 Å². The van der Waals surface area contributed by atoms with Crippen molar-refractivity contribution < 1.29 is 9.90 Å². The number of hydrogen-bond acceptors (Lipinski definition) is 3. The van der Waals surface area contributed by atoms with Crippen LogP contribution in [0.3, 0.4) is 0 Å². The molecule has 0 spiro atoms. The topological polar surface area (TPSA) is 52.6 Å². The van der Waals surface area contributed by atoms with Crippen molar-refractivity contribution in [1.82, 2.24) is 10.2 Å². The van der Waals surface area contributed by atoms with Crippen molar-refractivity contribution in [3.63, 3.8) is 0 Å². The number of rotatable bonds is 8. The molecule has 1 saturated carbocycles. The van der Waals surface area contributed by atoms with Crippen molar-refractivity contribution in [3.05, 3.63) is 0 Å². The second-order valence-corrected chi connectivity index (χ2v) is 4.38. The first-order valence-electron chi connectivity index (χ1n) is 5.79. The third-order valence-corrected chi connectivity index (χ3v) is 2.84. The summed E-state index contributed by atoms with van der Waals surface area (Å²) < 4.78 is 0. The maximum atomic E-state index is 10.9. The summed E-state index contributed by atoms with van der Waals surface area (Å²) in [6.07, 6.45) is 3.72. The first-order chi connectivity index (χ1) is 7.17. The summed E-state index contributed by atoms with van der Waals surface area (Å²) in [5.41, 5.74) is 0. The largest absolute Gasteiger partial charge is 0.480 e. The van der Waals surface area contributed by atoms with E-state index in [9.17, 15) is 4.79 Å². The van der Waals surface area contributed by atoms with E-state index in [1.54, 1.807) is 7.05 Å². The average molecular weight is 214 g/mol. The molecule has 0 heterocycles. The van der Waals surface area contributed by atoms with Gasteiger partial charge in [-0.3, -0.25) is 4.79 Å². The zero-order chi connectivity index (χ0) is 11.3. The Morgan fingerprint density at radius 3 is 2.67 bits per heavy atom. The molecule has 1 aliphatic carbocycles. The summed E-state index contributed by atoms with van der Waals surface area (Å²) in [5.74, 6) is 0.0669. The van der Waals surface area contributed by atoms with Crippen LogP contribution < -0.4 is 5.32 Å². The molecule has 2 N–H and O–H groups in total. The molecule has 15 heavy (non-hydrogen) atoms. The molecule has 0 radical (unpaired) electrons. The normalized spacial score (nSPS) is 18.1. The van der Waals surface area contributed by atoms with E-state index in [4.69, 9.17) is 5.11 Å². The Hall–Kier alpha value is -0.610. The molecule has 1 atom stereocenters. The predicted molar refractivity (Wildman–Crippen MR) is 59.9 cm³/mol. The first-order valence-corrected chi connectivity index (χ1v) is 5.79. The fourth-order valence-corrected chi connectivity index (χ4v) is 1.79. The lowest BCUT2D eigenvalue weighted by molar-refractivity contribution is -0.139. The fourth-order valence-electron chi connectivity index (χ4n) is 1.79. The highest BCUT2D eigenvalue weighted by Gasteiger charge is 2.26. The van der Waals surface area contributed by atoms with Crippen molar-refractivity contribution in [1.29, 1.82) is 0 Å². The standard InChI is InChI=1S/C11H22N2O2/c1-3-6-13(7-9-4-5-9)8-10(12-2)11(14)15/h9-10,12H,3-8H2,1-2H3,(H,14,15). The average Bonchev–Trinajstić information content (AvgIpc) is 2.97. The van der Waals surface area contributed by atoms with Crippen LogP contribution in [0.5, 0.6) is 0 Å². The number of carboxylic acid groups (broad SMARTS) is 1. The summed E-state index contributed by atoms with van der Waals surface area (Å²) >= 11 is 0. The minimum Gasteiger partial charge on any atom is -0.480 e. The molecule has 1 fully saturated rings. The van der Waals surface area contributed by atoms with E-state index >= 15 is 0 Å². The monoisotopic (exact) mass is 214 g/mol. The third kappa shape index (κ3) is 4.62. The molecule has 88 valence electrons. The van der Waals surface area contributed by atoms with Gasteiger partial charge in [-0.25, -0.2) is 0 Å². The van der Waals surface area contributed by atoms with Gasteiger partial charge < -0.3 is 15.3 Å². The Balaban J connectivity index is 2.36. The van der Waals surface area contributed by atoms with Gasteiger partial charge in [-0.05, 0) is 38.8 Å². The molecular weight excluding hydrogens is 192 g/mol. The van der Waals surface area contributed by atoms with Crippen molar-refractivity contribution in [3.8, 4) is 0 Å². The number of likely N-dealkylation sites (N-methyl/N-ethyl adjacent to an activating group) is 1.